The molecule has 1 aliphatic carbocycles. The third kappa shape index (κ3) is 3.93. The first-order valence-electron chi connectivity index (χ1n) is 5.71. The molecule has 2 unspecified atom stereocenters. The van der Waals surface area contributed by atoms with E-state index in [2.05, 4.69) is 19.2 Å². The van der Waals surface area contributed by atoms with Gasteiger partial charge in [0.25, 0.3) is 0 Å². The summed E-state index contributed by atoms with van der Waals surface area (Å²) in [5, 5.41) is 22.2. The normalized spacial score (nSPS) is 22.1. The Kier molecular flexibility index (Phi) is 5.46. The number of aliphatic hydroxyl groups excluding tert-OH is 2. The molecule has 0 aliphatic heterocycles. The molecule has 0 radical (unpaired) electrons. The fourth-order valence-electron chi connectivity index (χ4n) is 1.56. The third-order valence-corrected chi connectivity index (χ3v) is 2.78. The highest BCUT2D eigenvalue weighted by atomic mass is 16.3. The lowest BCUT2D eigenvalue weighted by molar-refractivity contribution is 0.208. The minimum absolute atomic E-state index is 0.0734. The summed E-state index contributed by atoms with van der Waals surface area (Å²) in [5.41, 5.74) is 0.920. The molecule has 90 valence electrons. The maximum Gasteiger partial charge on any atom is 0.0950 e. The van der Waals surface area contributed by atoms with E-state index in [1.54, 1.807) is 6.08 Å². The maximum atomic E-state index is 9.78. The first kappa shape index (κ1) is 13.2. The summed E-state index contributed by atoms with van der Waals surface area (Å²) in [6, 6.07) is 0.0734. The molecule has 1 rings (SSSR count). The lowest BCUT2D eigenvalue weighted by atomic mass is 10.0. The molecule has 3 nitrogen and oxygen atoms in total. The van der Waals surface area contributed by atoms with Crippen LogP contribution in [-0.4, -0.2) is 35.5 Å². The molecule has 0 heterocycles. The molecule has 3 heteroatoms. The molecule has 3 N–H and O–H groups in total. The highest BCUT2D eigenvalue weighted by molar-refractivity contribution is 5.28. The van der Waals surface area contributed by atoms with Gasteiger partial charge in [0.15, 0.2) is 0 Å². The van der Waals surface area contributed by atoms with Crippen LogP contribution >= 0.6 is 0 Å². The van der Waals surface area contributed by atoms with Gasteiger partial charge in [-0.2, -0.15) is 0 Å². The van der Waals surface area contributed by atoms with Crippen molar-refractivity contribution in [1.82, 2.24) is 5.32 Å². The molecule has 0 bridgehead atoms. The van der Waals surface area contributed by atoms with Crippen LogP contribution in [0.25, 0.3) is 0 Å². The van der Waals surface area contributed by atoms with Crippen LogP contribution in [0.1, 0.15) is 13.8 Å². The fourth-order valence-corrected chi connectivity index (χ4v) is 1.56. The molecule has 0 aromatic rings. The predicted octanol–water partition coefficient (Wildman–Crippen LogP) is 1.01. The highest BCUT2D eigenvalue weighted by Gasteiger charge is 2.14. The molecule has 0 aromatic carbocycles. The second kappa shape index (κ2) is 6.63. The molecule has 0 fully saturated rings. The molecule has 0 spiro atoms. The van der Waals surface area contributed by atoms with Gasteiger partial charge >= 0.3 is 0 Å². The average molecular weight is 223 g/mol. The van der Waals surface area contributed by atoms with E-state index >= 15 is 0 Å². The summed E-state index contributed by atoms with van der Waals surface area (Å²) >= 11 is 0. The zero-order valence-electron chi connectivity index (χ0n) is 9.93. The van der Waals surface area contributed by atoms with Gasteiger partial charge in [0, 0.05) is 12.6 Å². The number of nitrogens with one attached hydrogen (secondary N) is 1. The quantitative estimate of drug-likeness (QED) is 0.652. The van der Waals surface area contributed by atoms with Crippen LogP contribution in [0.3, 0.4) is 0 Å². The Morgan fingerprint density at radius 3 is 2.69 bits per heavy atom. The van der Waals surface area contributed by atoms with Crippen LogP contribution in [0.4, 0.5) is 0 Å². The van der Waals surface area contributed by atoms with Crippen LogP contribution in [0.5, 0.6) is 0 Å². The molecule has 0 saturated carbocycles. The summed E-state index contributed by atoms with van der Waals surface area (Å²) < 4.78 is 0. The molecule has 16 heavy (non-hydrogen) atoms. The van der Waals surface area contributed by atoms with E-state index in [9.17, 15) is 10.2 Å². The molecular formula is C13H21NO2. The molecule has 1 aliphatic rings. The van der Waals surface area contributed by atoms with Gasteiger partial charge in [-0.25, -0.2) is 0 Å². The monoisotopic (exact) mass is 223 g/mol. The number of allylic oxidation sites excluding steroid dienone is 4. The number of hydrogen-bond acceptors (Lipinski definition) is 3. The van der Waals surface area contributed by atoms with Crippen molar-refractivity contribution in [2.45, 2.75) is 26.0 Å². The minimum Gasteiger partial charge on any atom is -0.395 e. The van der Waals surface area contributed by atoms with Crippen molar-refractivity contribution in [1.29, 1.82) is 0 Å². The van der Waals surface area contributed by atoms with Gasteiger partial charge in [0.1, 0.15) is 0 Å². The van der Waals surface area contributed by atoms with E-state index in [4.69, 9.17) is 0 Å². The molecular weight excluding hydrogens is 202 g/mol. The third-order valence-electron chi connectivity index (χ3n) is 2.78. The maximum absolute atomic E-state index is 9.78. The van der Waals surface area contributed by atoms with Crippen molar-refractivity contribution in [3.8, 4) is 0 Å². The Balaban J connectivity index is 2.50. The SMILES string of the molecule is CC(C)C(CO)NCC1=CC=CC=CC1O. The van der Waals surface area contributed by atoms with Gasteiger partial charge < -0.3 is 15.5 Å². The van der Waals surface area contributed by atoms with Crippen molar-refractivity contribution < 1.29 is 10.2 Å². The Labute approximate surface area is 97.2 Å². The van der Waals surface area contributed by atoms with Crippen molar-refractivity contribution in [3.63, 3.8) is 0 Å². The van der Waals surface area contributed by atoms with E-state index in [1.807, 2.05) is 24.3 Å². The summed E-state index contributed by atoms with van der Waals surface area (Å²) in [5.74, 6) is 0.375. The molecule has 0 aromatic heterocycles. The van der Waals surface area contributed by atoms with E-state index in [-0.39, 0.29) is 12.6 Å². The molecule has 0 saturated heterocycles. The van der Waals surface area contributed by atoms with Gasteiger partial charge in [0.2, 0.25) is 0 Å². The largest absolute Gasteiger partial charge is 0.395 e. The molecule has 0 amide bonds. The Hall–Kier alpha value is -0.900. The number of aliphatic hydroxyl groups is 2. The van der Waals surface area contributed by atoms with Crippen molar-refractivity contribution >= 4 is 0 Å². The Morgan fingerprint density at radius 2 is 2.06 bits per heavy atom. The van der Waals surface area contributed by atoms with Crippen LogP contribution < -0.4 is 5.32 Å². The van der Waals surface area contributed by atoms with Crippen LogP contribution in [0, 0.1) is 5.92 Å². The summed E-state index contributed by atoms with van der Waals surface area (Å²) in [6.45, 7) is 4.84. The Bertz CT molecular complexity index is 292. The first-order chi connectivity index (χ1) is 7.65. The van der Waals surface area contributed by atoms with E-state index in [0.717, 1.165) is 5.57 Å². The Morgan fingerprint density at radius 1 is 1.31 bits per heavy atom. The summed E-state index contributed by atoms with van der Waals surface area (Å²) in [7, 11) is 0. The standard InChI is InChI=1S/C13H21NO2/c1-10(2)12(9-15)14-8-11-6-4-3-5-7-13(11)16/h3-7,10,12-16H,8-9H2,1-2H3. The van der Waals surface area contributed by atoms with Crippen molar-refractivity contribution in [3.05, 3.63) is 36.0 Å². The first-order valence-corrected chi connectivity index (χ1v) is 5.71. The summed E-state index contributed by atoms with van der Waals surface area (Å²) in [6.07, 6.45) is 8.76. The summed E-state index contributed by atoms with van der Waals surface area (Å²) in [4.78, 5) is 0. The lowest BCUT2D eigenvalue weighted by Gasteiger charge is -2.21. The van der Waals surface area contributed by atoms with Gasteiger partial charge in [-0.05, 0) is 11.5 Å². The topological polar surface area (TPSA) is 52.5 Å². The van der Waals surface area contributed by atoms with E-state index in [0.29, 0.717) is 12.5 Å². The van der Waals surface area contributed by atoms with Crippen LogP contribution in [-0.2, 0) is 0 Å². The van der Waals surface area contributed by atoms with Gasteiger partial charge in [-0.3, -0.25) is 0 Å². The van der Waals surface area contributed by atoms with Crippen molar-refractivity contribution in [2.24, 2.45) is 5.92 Å². The van der Waals surface area contributed by atoms with E-state index in [1.165, 1.54) is 0 Å². The van der Waals surface area contributed by atoms with Crippen LogP contribution in [0.15, 0.2) is 36.0 Å². The smallest absolute Gasteiger partial charge is 0.0950 e. The zero-order chi connectivity index (χ0) is 12.0. The number of rotatable bonds is 5. The fraction of sp³-hybridized carbons (Fsp3) is 0.538. The van der Waals surface area contributed by atoms with Gasteiger partial charge in [-0.1, -0.05) is 44.2 Å². The average Bonchev–Trinajstić information content (AvgIpc) is 2.44. The molecule has 2 atom stereocenters. The highest BCUT2D eigenvalue weighted by Crippen LogP contribution is 2.08. The van der Waals surface area contributed by atoms with Gasteiger partial charge in [0.05, 0.1) is 12.7 Å². The van der Waals surface area contributed by atoms with E-state index < -0.39 is 6.10 Å². The second-order valence-electron chi connectivity index (χ2n) is 4.37. The zero-order valence-corrected chi connectivity index (χ0v) is 9.93. The second-order valence-corrected chi connectivity index (χ2v) is 4.37. The predicted molar refractivity (Wildman–Crippen MR) is 66.1 cm³/mol. The van der Waals surface area contributed by atoms with Crippen LogP contribution in [0.2, 0.25) is 0 Å². The van der Waals surface area contributed by atoms with Crippen molar-refractivity contribution in [2.75, 3.05) is 13.2 Å². The number of hydrogen-bond donors (Lipinski definition) is 3. The minimum atomic E-state index is -0.533. The lowest BCUT2D eigenvalue weighted by Crippen LogP contribution is -2.39. The van der Waals surface area contributed by atoms with Gasteiger partial charge in [-0.15, -0.1) is 0 Å².